The minimum atomic E-state index is -0.377. The third-order valence-corrected chi connectivity index (χ3v) is 6.03. The Morgan fingerprint density at radius 2 is 1.64 bits per heavy atom. The number of hydrogen-bond donors (Lipinski definition) is 1. The van der Waals surface area contributed by atoms with Crippen LogP contribution in [0.2, 0.25) is 0 Å². The van der Waals surface area contributed by atoms with Crippen molar-refractivity contribution in [1.82, 2.24) is 4.90 Å². The number of rotatable bonds is 3. The molecule has 0 aromatic heterocycles. The Hall–Kier alpha value is -2.47. The highest BCUT2D eigenvalue weighted by molar-refractivity contribution is 5.94. The number of carbonyl (C=O) groups excluding carboxylic acids is 1. The Labute approximate surface area is 164 Å². The lowest BCUT2D eigenvalue weighted by Gasteiger charge is -2.41. The second kappa shape index (κ2) is 8.27. The van der Waals surface area contributed by atoms with Crippen molar-refractivity contribution in [3.8, 4) is 0 Å². The molecule has 2 fully saturated rings. The number of nitrogens with zero attached hydrogens (tertiary/aromatic N) is 2. The zero-order chi connectivity index (χ0) is 19.5. The average Bonchev–Trinajstić information content (AvgIpc) is 2.74. The van der Waals surface area contributed by atoms with Gasteiger partial charge in [-0.15, -0.1) is 0 Å². The van der Waals surface area contributed by atoms with Crippen LogP contribution < -0.4 is 9.80 Å². The smallest absolute Gasteiger partial charge is 0.253 e. The van der Waals surface area contributed by atoms with Crippen LogP contribution in [0.4, 0.5) is 14.5 Å². The molecule has 1 N–H and O–H groups in total. The van der Waals surface area contributed by atoms with Crippen molar-refractivity contribution in [2.75, 3.05) is 44.2 Å². The molecule has 148 valence electrons. The largest absolute Gasteiger partial charge is 0.358 e. The summed E-state index contributed by atoms with van der Waals surface area (Å²) < 4.78 is 27.4. The molecule has 28 heavy (non-hydrogen) atoms. The van der Waals surface area contributed by atoms with Crippen molar-refractivity contribution in [3.05, 3.63) is 65.7 Å². The molecule has 0 bridgehead atoms. The lowest BCUT2D eigenvalue weighted by Crippen LogP contribution is -3.18. The zero-order valence-corrected chi connectivity index (χ0v) is 15.9. The van der Waals surface area contributed by atoms with Gasteiger partial charge >= 0.3 is 0 Å². The molecule has 2 aromatic rings. The summed E-state index contributed by atoms with van der Waals surface area (Å²) in [5, 5.41) is 0. The summed E-state index contributed by atoms with van der Waals surface area (Å²) >= 11 is 0. The predicted molar refractivity (Wildman–Crippen MR) is 105 cm³/mol. The summed E-state index contributed by atoms with van der Waals surface area (Å²) in [6.07, 6.45) is 1.91. The van der Waals surface area contributed by atoms with E-state index in [1.54, 1.807) is 23.1 Å². The van der Waals surface area contributed by atoms with E-state index in [0.717, 1.165) is 39.0 Å². The van der Waals surface area contributed by atoms with Crippen molar-refractivity contribution in [2.45, 2.75) is 18.9 Å². The molecule has 0 unspecified atom stereocenters. The molecule has 2 aliphatic rings. The number of likely N-dealkylation sites (tertiary alicyclic amines) is 1. The van der Waals surface area contributed by atoms with Gasteiger partial charge in [0.05, 0.1) is 37.9 Å². The Bertz CT molecular complexity index is 828. The van der Waals surface area contributed by atoms with Crippen LogP contribution in [0.15, 0.2) is 48.5 Å². The van der Waals surface area contributed by atoms with Gasteiger partial charge in [0.25, 0.3) is 5.91 Å². The van der Waals surface area contributed by atoms with Crippen LogP contribution in [0.1, 0.15) is 23.2 Å². The number of nitrogens with one attached hydrogen (secondary N) is 1. The molecule has 1 amide bonds. The second-order valence-corrected chi connectivity index (χ2v) is 7.67. The minimum absolute atomic E-state index is 0.0858. The van der Waals surface area contributed by atoms with Crippen molar-refractivity contribution in [1.29, 1.82) is 0 Å². The maximum Gasteiger partial charge on any atom is 0.253 e. The summed E-state index contributed by atoms with van der Waals surface area (Å²) in [5.74, 6) is -0.620. The van der Waals surface area contributed by atoms with Crippen LogP contribution in [0.5, 0.6) is 0 Å². The quantitative estimate of drug-likeness (QED) is 0.874. The van der Waals surface area contributed by atoms with E-state index in [4.69, 9.17) is 0 Å². The van der Waals surface area contributed by atoms with Crippen LogP contribution >= 0.6 is 0 Å². The summed E-state index contributed by atoms with van der Waals surface area (Å²) in [6, 6.07) is 13.4. The van der Waals surface area contributed by atoms with Gasteiger partial charge in [0.15, 0.2) is 0 Å². The monoisotopic (exact) mass is 386 g/mol. The minimum Gasteiger partial charge on any atom is -0.358 e. The van der Waals surface area contributed by atoms with E-state index in [0.29, 0.717) is 30.4 Å². The van der Waals surface area contributed by atoms with E-state index >= 15 is 0 Å². The van der Waals surface area contributed by atoms with Crippen molar-refractivity contribution >= 4 is 11.6 Å². The third-order valence-electron chi connectivity index (χ3n) is 6.03. The third kappa shape index (κ3) is 4.02. The molecule has 4 rings (SSSR count). The highest BCUT2D eigenvalue weighted by Gasteiger charge is 2.32. The Morgan fingerprint density at radius 3 is 2.32 bits per heavy atom. The number of piperazine rings is 1. The molecule has 0 radical (unpaired) electrons. The lowest BCUT2D eigenvalue weighted by atomic mass is 10.0. The SMILES string of the molecule is O=C(c1cccc(F)c1)N1CCC([NH+]2CCN(c3ccccc3F)CC2)CC1. The van der Waals surface area contributed by atoms with Crippen LogP contribution in [-0.2, 0) is 0 Å². The molecule has 0 atom stereocenters. The van der Waals surface area contributed by atoms with Gasteiger partial charge in [0, 0.05) is 31.5 Å². The molecule has 2 aliphatic heterocycles. The zero-order valence-electron chi connectivity index (χ0n) is 15.9. The second-order valence-electron chi connectivity index (χ2n) is 7.67. The molecule has 2 heterocycles. The van der Waals surface area contributed by atoms with E-state index in [1.807, 2.05) is 17.0 Å². The van der Waals surface area contributed by atoms with Crippen LogP contribution in [0.25, 0.3) is 0 Å². The van der Waals surface area contributed by atoms with Crippen molar-refractivity contribution in [3.63, 3.8) is 0 Å². The highest BCUT2D eigenvalue weighted by Crippen LogP contribution is 2.19. The predicted octanol–water partition coefficient (Wildman–Crippen LogP) is 1.97. The molecular weight excluding hydrogens is 360 g/mol. The number of para-hydroxylation sites is 1. The van der Waals surface area contributed by atoms with E-state index in [-0.39, 0.29) is 17.5 Å². The van der Waals surface area contributed by atoms with Crippen molar-refractivity contribution < 1.29 is 18.5 Å². The van der Waals surface area contributed by atoms with E-state index < -0.39 is 0 Å². The maximum absolute atomic E-state index is 14.0. The molecule has 4 nitrogen and oxygen atoms in total. The lowest BCUT2D eigenvalue weighted by molar-refractivity contribution is -0.927. The molecule has 2 aromatic carbocycles. The fraction of sp³-hybridized carbons (Fsp3) is 0.409. The summed E-state index contributed by atoms with van der Waals surface area (Å²) in [6.45, 7) is 5.08. The van der Waals surface area contributed by atoms with Gasteiger partial charge in [0.1, 0.15) is 11.6 Å². The molecular formula is C22H26F2N3O+. The topological polar surface area (TPSA) is 28.0 Å². The normalized spacial score (nSPS) is 19.1. The van der Waals surface area contributed by atoms with Gasteiger partial charge in [-0.1, -0.05) is 18.2 Å². The molecule has 6 heteroatoms. The summed E-state index contributed by atoms with van der Waals surface area (Å²) in [5.41, 5.74) is 1.11. The van der Waals surface area contributed by atoms with E-state index in [9.17, 15) is 13.6 Å². The van der Waals surface area contributed by atoms with Gasteiger partial charge in [-0.05, 0) is 30.3 Å². The van der Waals surface area contributed by atoms with Gasteiger partial charge in [-0.25, -0.2) is 8.78 Å². The molecule has 0 aliphatic carbocycles. The molecule has 0 saturated carbocycles. The number of benzene rings is 2. The maximum atomic E-state index is 14.0. The Kier molecular flexibility index (Phi) is 5.57. The number of piperidine rings is 1. The first-order chi connectivity index (χ1) is 13.6. The first-order valence-corrected chi connectivity index (χ1v) is 10.0. The molecule has 2 saturated heterocycles. The van der Waals surface area contributed by atoms with Gasteiger partial charge in [-0.3, -0.25) is 4.79 Å². The number of hydrogen-bond acceptors (Lipinski definition) is 2. The fourth-order valence-electron chi connectivity index (χ4n) is 4.45. The van der Waals surface area contributed by atoms with E-state index in [2.05, 4.69) is 4.90 Å². The molecule has 0 spiro atoms. The Morgan fingerprint density at radius 1 is 0.929 bits per heavy atom. The number of halogens is 2. The van der Waals surface area contributed by atoms with Gasteiger partial charge in [0.2, 0.25) is 0 Å². The number of carbonyl (C=O) groups is 1. The van der Waals surface area contributed by atoms with E-state index in [1.165, 1.54) is 18.2 Å². The first kappa shape index (κ1) is 18.9. The van der Waals surface area contributed by atoms with Crippen LogP contribution in [0, 0.1) is 11.6 Å². The van der Waals surface area contributed by atoms with Crippen molar-refractivity contribution in [2.24, 2.45) is 0 Å². The number of amides is 1. The number of anilines is 1. The van der Waals surface area contributed by atoms with Crippen LogP contribution in [-0.4, -0.2) is 56.1 Å². The van der Waals surface area contributed by atoms with Crippen LogP contribution in [0.3, 0.4) is 0 Å². The first-order valence-electron chi connectivity index (χ1n) is 10.0. The Balaban J connectivity index is 1.29. The highest BCUT2D eigenvalue weighted by atomic mass is 19.1. The fourth-order valence-corrected chi connectivity index (χ4v) is 4.45. The van der Waals surface area contributed by atoms with Gasteiger partial charge < -0.3 is 14.7 Å². The number of quaternary nitrogens is 1. The summed E-state index contributed by atoms with van der Waals surface area (Å²) in [7, 11) is 0. The standard InChI is InChI=1S/C22H25F2N3O/c23-18-5-3-4-17(16-18)22(28)27-10-8-19(9-11-27)25-12-14-26(15-13-25)21-7-2-1-6-20(21)24/h1-7,16,19H,8-15H2/p+1. The summed E-state index contributed by atoms with van der Waals surface area (Å²) in [4.78, 5) is 18.1. The van der Waals surface area contributed by atoms with Gasteiger partial charge in [-0.2, -0.15) is 0 Å². The average molecular weight is 386 g/mol.